The Hall–Kier alpha value is -2.64. The van der Waals surface area contributed by atoms with Gasteiger partial charge in [-0.3, -0.25) is 0 Å². The molecule has 0 spiro atoms. The number of nitrogens with zero attached hydrogens (tertiary/aromatic N) is 5. The normalized spacial score (nSPS) is 15.6. The third-order valence-electron chi connectivity index (χ3n) is 4.65. The zero-order chi connectivity index (χ0) is 17.1. The lowest BCUT2D eigenvalue weighted by Crippen LogP contribution is -2.23. The van der Waals surface area contributed by atoms with Gasteiger partial charge in [0.15, 0.2) is 11.5 Å². The molecular weight excluding hydrogens is 316 g/mol. The molecule has 132 valence electrons. The highest BCUT2D eigenvalue weighted by molar-refractivity contribution is 5.83. The molecule has 0 radical (unpaired) electrons. The minimum absolute atomic E-state index is 0.483. The van der Waals surface area contributed by atoms with Gasteiger partial charge in [0.2, 0.25) is 5.95 Å². The molecule has 1 saturated carbocycles. The number of fused-ring (bicyclic) bond motifs is 1. The Morgan fingerprint density at radius 2 is 2.08 bits per heavy atom. The lowest BCUT2D eigenvalue weighted by atomic mass is 9.95. The van der Waals surface area contributed by atoms with E-state index < -0.39 is 0 Å². The fourth-order valence-corrected chi connectivity index (χ4v) is 3.36. The van der Waals surface area contributed by atoms with E-state index in [1.807, 2.05) is 24.1 Å². The van der Waals surface area contributed by atoms with Gasteiger partial charge in [-0.05, 0) is 12.8 Å². The summed E-state index contributed by atoms with van der Waals surface area (Å²) in [6.45, 7) is 0.732. The maximum Gasteiger partial charge on any atom is 0.226 e. The molecule has 4 rings (SSSR count). The molecule has 0 bridgehead atoms. The second-order valence-electron chi connectivity index (χ2n) is 6.68. The molecular formula is C17H24N8. The summed E-state index contributed by atoms with van der Waals surface area (Å²) in [7, 11) is 1.97. The van der Waals surface area contributed by atoms with Crippen LogP contribution in [0.25, 0.3) is 11.2 Å². The van der Waals surface area contributed by atoms with Crippen LogP contribution in [-0.2, 0) is 13.5 Å². The predicted molar refractivity (Wildman–Crippen MR) is 97.6 cm³/mol. The number of aryl methyl sites for hydroxylation is 1. The summed E-state index contributed by atoms with van der Waals surface area (Å²) >= 11 is 0. The molecule has 1 aliphatic carbocycles. The lowest BCUT2D eigenvalue weighted by molar-refractivity contribution is 0.462. The molecule has 0 amide bonds. The van der Waals surface area contributed by atoms with Crippen LogP contribution in [0.3, 0.4) is 0 Å². The highest BCUT2D eigenvalue weighted by atomic mass is 15.2. The van der Waals surface area contributed by atoms with Gasteiger partial charge in [-0.15, -0.1) is 0 Å². The second-order valence-corrected chi connectivity index (χ2v) is 6.68. The first kappa shape index (κ1) is 15.9. The van der Waals surface area contributed by atoms with Crippen molar-refractivity contribution < 1.29 is 0 Å². The van der Waals surface area contributed by atoms with Gasteiger partial charge >= 0.3 is 0 Å². The van der Waals surface area contributed by atoms with Crippen molar-refractivity contribution in [1.82, 2.24) is 29.5 Å². The molecule has 0 atom stereocenters. The standard InChI is InChI=1S/C17H24N8/c1-25-9-13(21-11-25)7-8-18-17-23-15-14(19-10-20-15)16(24-17)22-12-5-3-2-4-6-12/h9-12H,2-8H2,1H3,(H3,18,19,20,22,23,24). The van der Waals surface area contributed by atoms with Gasteiger partial charge in [0.1, 0.15) is 5.52 Å². The van der Waals surface area contributed by atoms with Crippen molar-refractivity contribution in [2.75, 3.05) is 17.2 Å². The fourth-order valence-electron chi connectivity index (χ4n) is 3.36. The molecule has 0 saturated heterocycles. The largest absolute Gasteiger partial charge is 0.365 e. The Balaban J connectivity index is 1.46. The van der Waals surface area contributed by atoms with E-state index in [1.54, 1.807) is 6.33 Å². The molecule has 8 heteroatoms. The smallest absolute Gasteiger partial charge is 0.226 e. The minimum Gasteiger partial charge on any atom is -0.365 e. The number of imidazole rings is 2. The molecule has 1 aliphatic rings. The van der Waals surface area contributed by atoms with Crippen molar-refractivity contribution in [3.05, 3.63) is 24.5 Å². The quantitative estimate of drug-likeness (QED) is 0.638. The van der Waals surface area contributed by atoms with Crippen LogP contribution in [0.1, 0.15) is 37.8 Å². The fraction of sp³-hybridized carbons (Fsp3) is 0.529. The number of hydrogen-bond donors (Lipinski definition) is 3. The summed E-state index contributed by atoms with van der Waals surface area (Å²) in [5.41, 5.74) is 2.62. The number of hydrogen-bond acceptors (Lipinski definition) is 6. The first-order valence-corrected chi connectivity index (χ1v) is 8.96. The minimum atomic E-state index is 0.483. The topological polar surface area (TPSA) is 96.3 Å². The van der Waals surface area contributed by atoms with E-state index in [0.717, 1.165) is 30.0 Å². The van der Waals surface area contributed by atoms with E-state index in [9.17, 15) is 0 Å². The number of aromatic nitrogens is 6. The molecule has 0 aliphatic heterocycles. The molecule has 25 heavy (non-hydrogen) atoms. The third kappa shape index (κ3) is 3.72. The van der Waals surface area contributed by atoms with Crippen LogP contribution < -0.4 is 10.6 Å². The van der Waals surface area contributed by atoms with Crippen LogP contribution >= 0.6 is 0 Å². The van der Waals surface area contributed by atoms with Gasteiger partial charge in [-0.25, -0.2) is 9.97 Å². The Kier molecular flexibility index (Phi) is 4.49. The van der Waals surface area contributed by atoms with Crippen molar-refractivity contribution in [2.45, 2.75) is 44.6 Å². The number of H-pyrrole nitrogens is 1. The summed E-state index contributed by atoms with van der Waals surface area (Å²) < 4.78 is 1.95. The summed E-state index contributed by atoms with van der Waals surface area (Å²) in [4.78, 5) is 21.0. The predicted octanol–water partition coefficient (Wildman–Crippen LogP) is 2.49. The summed E-state index contributed by atoms with van der Waals surface area (Å²) in [5.74, 6) is 1.45. The van der Waals surface area contributed by atoms with E-state index in [0.29, 0.717) is 17.6 Å². The average Bonchev–Trinajstić information content (AvgIpc) is 3.25. The van der Waals surface area contributed by atoms with Crippen LogP contribution in [0.15, 0.2) is 18.9 Å². The van der Waals surface area contributed by atoms with Crippen LogP contribution in [0.2, 0.25) is 0 Å². The first-order valence-electron chi connectivity index (χ1n) is 8.96. The van der Waals surface area contributed by atoms with Gasteiger partial charge < -0.3 is 20.2 Å². The van der Waals surface area contributed by atoms with E-state index in [4.69, 9.17) is 0 Å². The van der Waals surface area contributed by atoms with Gasteiger partial charge in [0, 0.05) is 32.3 Å². The SMILES string of the molecule is Cn1cnc(CCNc2nc(NC3CCCCC3)c3[nH]cnc3n2)c1. The van der Waals surface area contributed by atoms with E-state index in [1.165, 1.54) is 32.1 Å². The van der Waals surface area contributed by atoms with Gasteiger partial charge in [0.05, 0.1) is 18.3 Å². The molecule has 8 nitrogen and oxygen atoms in total. The lowest BCUT2D eigenvalue weighted by Gasteiger charge is -2.23. The molecule has 0 unspecified atom stereocenters. The molecule has 1 fully saturated rings. The van der Waals surface area contributed by atoms with Gasteiger partial charge in [-0.1, -0.05) is 19.3 Å². The van der Waals surface area contributed by atoms with Crippen molar-refractivity contribution in [2.24, 2.45) is 7.05 Å². The van der Waals surface area contributed by atoms with Crippen molar-refractivity contribution in [3.63, 3.8) is 0 Å². The molecule has 3 aromatic heterocycles. The van der Waals surface area contributed by atoms with E-state index in [2.05, 4.69) is 35.6 Å². The zero-order valence-electron chi connectivity index (χ0n) is 14.5. The van der Waals surface area contributed by atoms with Crippen molar-refractivity contribution >= 4 is 22.9 Å². The molecule has 3 aromatic rings. The number of aromatic amines is 1. The summed E-state index contributed by atoms with van der Waals surface area (Å²) in [5, 5.41) is 6.88. The number of anilines is 2. The number of nitrogens with one attached hydrogen (secondary N) is 3. The summed E-state index contributed by atoms with van der Waals surface area (Å²) in [6.07, 6.45) is 12.6. The Morgan fingerprint density at radius 3 is 2.88 bits per heavy atom. The number of rotatable bonds is 6. The Bertz CT molecular complexity index is 830. The monoisotopic (exact) mass is 340 g/mol. The zero-order valence-corrected chi connectivity index (χ0v) is 14.5. The maximum absolute atomic E-state index is 4.67. The van der Waals surface area contributed by atoms with Crippen LogP contribution in [0.5, 0.6) is 0 Å². The first-order chi connectivity index (χ1) is 12.3. The third-order valence-corrected chi connectivity index (χ3v) is 4.65. The molecule has 0 aromatic carbocycles. The van der Waals surface area contributed by atoms with Gasteiger partial charge in [0.25, 0.3) is 0 Å². The van der Waals surface area contributed by atoms with Crippen LogP contribution in [0, 0.1) is 0 Å². The Labute approximate surface area is 146 Å². The maximum atomic E-state index is 4.67. The molecule has 3 N–H and O–H groups in total. The Morgan fingerprint density at radius 1 is 1.20 bits per heavy atom. The van der Waals surface area contributed by atoms with E-state index in [-0.39, 0.29) is 0 Å². The second kappa shape index (κ2) is 7.08. The van der Waals surface area contributed by atoms with Crippen LogP contribution in [0.4, 0.5) is 11.8 Å². The summed E-state index contributed by atoms with van der Waals surface area (Å²) in [6, 6.07) is 0.483. The van der Waals surface area contributed by atoms with Crippen molar-refractivity contribution in [1.29, 1.82) is 0 Å². The van der Waals surface area contributed by atoms with Crippen LogP contribution in [-0.4, -0.2) is 42.1 Å². The van der Waals surface area contributed by atoms with Crippen molar-refractivity contribution in [3.8, 4) is 0 Å². The average molecular weight is 340 g/mol. The van der Waals surface area contributed by atoms with Gasteiger partial charge in [-0.2, -0.15) is 9.97 Å². The van der Waals surface area contributed by atoms with E-state index >= 15 is 0 Å². The highest BCUT2D eigenvalue weighted by Gasteiger charge is 2.17. The molecule has 3 heterocycles. The highest BCUT2D eigenvalue weighted by Crippen LogP contribution is 2.24.